The van der Waals surface area contributed by atoms with Crippen LogP contribution in [0.2, 0.25) is 0 Å². The van der Waals surface area contributed by atoms with Crippen LogP contribution in [0.5, 0.6) is 5.75 Å². The zero-order valence-corrected chi connectivity index (χ0v) is 16.1. The molecular formula is C22H24N4O2. The van der Waals surface area contributed by atoms with Crippen molar-refractivity contribution in [1.29, 1.82) is 0 Å². The Morgan fingerprint density at radius 2 is 2.21 bits per heavy atom. The number of urea groups is 1. The van der Waals surface area contributed by atoms with Gasteiger partial charge in [0.15, 0.2) is 0 Å². The largest absolute Gasteiger partial charge is 0.497 e. The number of methoxy groups -OCH3 is 1. The second-order valence-corrected chi connectivity index (χ2v) is 6.98. The van der Waals surface area contributed by atoms with Gasteiger partial charge in [0.05, 0.1) is 13.2 Å². The number of aromatic nitrogens is 2. The molecule has 1 aliphatic rings. The molecule has 6 heteroatoms. The fourth-order valence-corrected chi connectivity index (χ4v) is 3.59. The molecule has 3 aromatic rings. The molecule has 0 saturated heterocycles. The van der Waals surface area contributed by atoms with Crippen molar-refractivity contribution in [3.63, 3.8) is 0 Å². The zero-order chi connectivity index (χ0) is 19.5. The average Bonchev–Trinajstić information content (AvgIpc) is 3.18. The maximum absolute atomic E-state index is 12.7. The molecule has 0 fully saturated rings. The van der Waals surface area contributed by atoms with Crippen LogP contribution >= 0.6 is 0 Å². The minimum absolute atomic E-state index is 0.0498. The van der Waals surface area contributed by atoms with Crippen molar-refractivity contribution in [2.75, 3.05) is 20.2 Å². The molecule has 3 heterocycles. The second kappa shape index (κ2) is 7.76. The number of nitrogens with one attached hydrogen (secondary N) is 2. The maximum atomic E-state index is 12.7. The molecule has 1 aliphatic heterocycles. The van der Waals surface area contributed by atoms with Gasteiger partial charge in [-0.3, -0.25) is 0 Å². The molecule has 4 rings (SSSR count). The van der Waals surface area contributed by atoms with Gasteiger partial charge in [-0.2, -0.15) is 0 Å². The first-order valence-corrected chi connectivity index (χ1v) is 9.46. The van der Waals surface area contributed by atoms with Crippen LogP contribution in [0.1, 0.15) is 30.5 Å². The number of benzene rings is 1. The molecule has 2 N–H and O–H groups in total. The third-order valence-corrected chi connectivity index (χ3v) is 5.23. The summed E-state index contributed by atoms with van der Waals surface area (Å²) in [4.78, 5) is 22.1. The van der Waals surface area contributed by atoms with Gasteiger partial charge in [-0.1, -0.05) is 18.2 Å². The zero-order valence-electron chi connectivity index (χ0n) is 16.1. The first-order valence-electron chi connectivity index (χ1n) is 9.46. The number of hydrogen-bond acceptors (Lipinski definition) is 3. The van der Waals surface area contributed by atoms with Crippen molar-refractivity contribution in [2.24, 2.45) is 0 Å². The molecule has 0 saturated carbocycles. The Hall–Kier alpha value is -3.28. The van der Waals surface area contributed by atoms with Gasteiger partial charge in [0.2, 0.25) is 0 Å². The summed E-state index contributed by atoms with van der Waals surface area (Å²) in [6.45, 7) is 3.27. The van der Waals surface area contributed by atoms with E-state index in [9.17, 15) is 4.79 Å². The molecule has 0 unspecified atom stereocenters. The third-order valence-electron chi connectivity index (χ3n) is 5.23. The summed E-state index contributed by atoms with van der Waals surface area (Å²) in [5.41, 5.74) is 4.34. The van der Waals surface area contributed by atoms with Crippen LogP contribution in [-0.4, -0.2) is 41.1 Å². The summed E-state index contributed by atoms with van der Waals surface area (Å²) in [5, 5.41) is 4.21. The molecule has 1 aromatic carbocycles. The van der Waals surface area contributed by atoms with E-state index < -0.39 is 0 Å². The van der Waals surface area contributed by atoms with Crippen LogP contribution < -0.4 is 10.1 Å². The van der Waals surface area contributed by atoms with E-state index >= 15 is 0 Å². The summed E-state index contributed by atoms with van der Waals surface area (Å²) < 4.78 is 5.27. The number of nitrogens with zero attached hydrogens (tertiary/aromatic N) is 2. The van der Waals surface area contributed by atoms with Crippen molar-refractivity contribution < 1.29 is 9.53 Å². The van der Waals surface area contributed by atoms with Gasteiger partial charge in [0, 0.05) is 36.4 Å². The van der Waals surface area contributed by atoms with Gasteiger partial charge in [0.25, 0.3) is 0 Å². The number of carbonyl (C=O) groups excluding carboxylic acids is 1. The number of amides is 2. The predicted octanol–water partition coefficient (Wildman–Crippen LogP) is 4.13. The quantitative estimate of drug-likeness (QED) is 0.719. The van der Waals surface area contributed by atoms with E-state index in [0.29, 0.717) is 13.1 Å². The van der Waals surface area contributed by atoms with Gasteiger partial charge < -0.3 is 19.9 Å². The topological polar surface area (TPSA) is 70.2 Å². The molecular weight excluding hydrogens is 352 g/mol. The van der Waals surface area contributed by atoms with Crippen molar-refractivity contribution in [1.82, 2.24) is 20.2 Å². The van der Waals surface area contributed by atoms with Crippen LogP contribution in [0.3, 0.4) is 0 Å². The molecule has 0 aliphatic carbocycles. The van der Waals surface area contributed by atoms with E-state index in [0.717, 1.165) is 28.8 Å². The molecule has 1 atom stereocenters. The van der Waals surface area contributed by atoms with E-state index in [4.69, 9.17) is 4.74 Å². The second-order valence-electron chi connectivity index (χ2n) is 6.98. The minimum Gasteiger partial charge on any atom is -0.497 e. The molecule has 2 aromatic heterocycles. The van der Waals surface area contributed by atoms with Gasteiger partial charge in [-0.15, -0.1) is 0 Å². The summed E-state index contributed by atoms with van der Waals surface area (Å²) >= 11 is 0. The number of H-pyrrole nitrogens is 1. The Labute approximate surface area is 164 Å². The predicted molar refractivity (Wildman–Crippen MR) is 110 cm³/mol. The molecule has 28 heavy (non-hydrogen) atoms. The van der Waals surface area contributed by atoms with E-state index in [1.807, 2.05) is 48.4 Å². The molecule has 6 nitrogen and oxygen atoms in total. The smallest absolute Gasteiger partial charge is 0.318 e. The highest BCUT2D eigenvalue weighted by atomic mass is 16.5. The van der Waals surface area contributed by atoms with Crippen LogP contribution in [-0.2, 0) is 0 Å². The minimum atomic E-state index is -0.0901. The number of pyridine rings is 1. The number of hydrogen-bond donors (Lipinski definition) is 2. The van der Waals surface area contributed by atoms with Crippen LogP contribution in [0.25, 0.3) is 16.6 Å². The fourth-order valence-electron chi connectivity index (χ4n) is 3.59. The van der Waals surface area contributed by atoms with E-state index in [1.54, 1.807) is 13.3 Å². The Balaban J connectivity index is 1.42. The lowest BCUT2D eigenvalue weighted by atomic mass is 10.00. The monoisotopic (exact) mass is 376 g/mol. The van der Waals surface area contributed by atoms with Crippen molar-refractivity contribution in [3.05, 3.63) is 66.0 Å². The van der Waals surface area contributed by atoms with E-state index in [-0.39, 0.29) is 12.1 Å². The van der Waals surface area contributed by atoms with Crippen LogP contribution in [0.15, 0.2) is 54.9 Å². The number of fused-ring (bicyclic) bond motifs is 1. The number of carbonyl (C=O) groups is 1. The van der Waals surface area contributed by atoms with Crippen LogP contribution in [0, 0.1) is 0 Å². The SMILES string of the molecule is COc1cccc([C@@H](C)NC(=O)N2CC=C(c3c[nH]c4ncccc34)CC2)c1. The Kier molecular flexibility index (Phi) is 5.02. The fraction of sp³-hybridized carbons (Fsp3) is 0.273. The van der Waals surface area contributed by atoms with Gasteiger partial charge in [-0.05, 0) is 48.7 Å². The van der Waals surface area contributed by atoms with Crippen molar-refractivity contribution >= 4 is 22.6 Å². The van der Waals surface area contributed by atoms with Crippen molar-refractivity contribution in [3.8, 4) is 5.75 Å². The molecule has 0 bridgehead atoms. The first-order chi connectivity index (χ1) is 13.7. The Morgan fingerprint density at radius 1 is 1.32 bits per heavy atom. The van der Waals surface area contributed by atoms with Crippen LogP contribution in [0.4, 0.5) is 4.79 Å². The summed E-state index contributed by atoms with van der Waals surface area (Å²) in [7, 11) is 1.64. The molecule has 144 valence electrons. The van der Waals surface area contributed by atoms with E-state index in [2.05, 4.69) is 27.4 Å². The lowest BCUT2D eigenvalue weighted by Crippen LogP contribution is -2.43. The highest BCUT2D eigenvalue weighted by Crippen LogP contribution is 2.28. The van der Waals surface area contributed by atoms with E-state index in [1.165, 1.54) is 11.1 Å². The molecule has 2 amide bonds. The lowest BCUT2D eigenvalue weighted by molar-refractivity contribution is 0.199. The normalized spacial score (nSPS) is 15.2. The molecule has 0 spiro atoms. The molecule has 0 radical (unpaired) electrons. The third kappa shape index (κ3) is 3.58. The Morgan fingerprint density at radius 3 is 3.00 bits per heavy atom. The number of rotatable bonds is 4. The maximum Gasteiger partial charge on any atom is 0.318 e. The highest BCUT2D eigenvalue weighted by molar-refractivity contribution is 5.91. The average molecular weight is 376 g/mol. The Bertz CT molecular complexity index is 1020. The van der Waals surface area contributed by atoms with Crippen molar-refractivity contribution in [2.45, 2.75) is 19.4 Å². The first kappa shape index (κ1) is 18.1. The summed E-state index contributed by atoms with van der Waals surface area (Å²) in [6, 6.07) is 11.7. The lowest BCUT2D eigenvalue weighted by Gasteiger charge is -2.28. The number of ether oxygens (including phenoxy) is 1. The van der Waals surface area contributed by atoms with Gasteiger partial charge >= 0.3 is 6.03 Å². The standard InChI is InChI=1S/C22H24N4O2/c1-15(17-5-3-6-18(13-17)28-2)25-22(27)26-11-8-16(9-12-26)20-14-24-21-19(20)7-4-10-23-21/h3-8,10,13-15H,9,11-12H2,1-2H3,(H,23,24)(H,25,27)/t15-/m1/s1. The van der Waals surface area contributed by atoms with Gasteiger partial charge in [0.1, 0.15) is 11.4 Å². The summed E-state index contributed by atoms with van der Waals surface area (Å²) in [5.74, 6) is 0.789. The highest BCUT2D eigenvalue weighted by Gasteiger charge is 2.21. The summed E-state index contributed by atoms with van der Waals surface area (Å²) in [6.07, 6.45) is 6.75. The van der Waals surface area contributed by atoms with Gasteiger partial charge in [-0.25, -0.2) is 9.78 Å². The number of aromatic amines is 1.